The average molecular weight is 263 g/mol. The Labute approximate surface area is 113 Å². The maximum absolute atomic E-state index is 12.4. The lowest BCUT2D eigenvalue weighted by atomic mass is 10.2. The molecule has 0 saturated heterocycles. The lowest BCUT2D eigenvalue weighted by molar-refractivity contribution is 0.0783. The predicted molar refractivity (Wildman–Crippen MR) is 73.6 cm³/mol. The number of amides is 1. The van der Waals surface area contributed by atoms with Crippen molar-refractivity contribution >= 4 is 11.6 Å². The Balaban J connectivity index is 2.24. The van der Waals surface area contributed by atoms with Crippen LogP contribution in [0.3, 0.4) is 0 Å². The van der Waals surface area contributed by atoms with Crippen LogP contribution in [0, 0.1) is 5.92 Å². The first-order chi connectivity index (χ1) is 9.02. The average Bonchev–Trinajstić information content (AvgIpc) is 3.20. The Morgan fingerprint density at radius 2 is 2.26 bits per heavy atom. The molecule has 1 amide bonds. The molecule has 1 aliphatic carbocycles. The maximum Gasteiger partial charge on any atom is 0.274 e. The van der Waals surface area contributed by atoms with Crippen molar-refractivity contribution in [2.75, 3.05) is 19.0 Å². The first-order valence-electron chi connectivity index (χ1n) is 6.62. The summed E-state index contributed by atoms with van der Waals surface area (Å²) >= 11 is 0. The number of nitrogens with zero attached hydrogens (tertiary/aromatic N) is 3. The third-order valence-electron chi connectivity index (χ3n) is 3.26. The van der Waals surface area contributed by atoms with Crippen molar-refractivity contribution in [3.8, 4) is 0 Å². The number of hydrogen-bond acceptors (Lipinski definition) is 5. The number of rotatable bonds is 5. The summed E-state index contributed by atoms with van der Waals surface area (Å²) in [6.07, 6.45) is 3.99. The summed E-state index contributed by atoms with van der Waals surface area (Å²) in [5.74, 6) is 6.80. The van der Waals surface area contributed by atoms with E-state index in [2.05, 4.69) is 15.4 Å². The third-order valence-corrected chi connectivity index (χ3v) is 3.26. The van der Waals surface area contributed by atoms with E-state index in [0.29, 0.717) is 23.1 Å². The molecule has 6 nitrogen and oxygen atoms in total. The predicted octanol–water partition coefficient (Wildman–Crippen LogP) is 1.37. The van der Waals surface area contributed by atoms with Gasteiger partial charge in [0.05, 0.1) is 11.9 Å². The van der Waals surface area contributed by atoms with Crippen LogP contribution >= 0.6 is 0 Å². The van der Waals surface area contributed by atoms with Crippen LogP contribution in [0.5, 0.6) is 0 Å². The Hall–Kier alpha value is -1.69. The summed E-state index contributed by atoms with van der Waals surface area (Å²) in [5, 5.41) is 0. The van der Waals surface area contributed by atoms with Crippen LogP contribution < -0.4 is 11.3 Å². The summed E-state index contributed by atoms with van der Waals surface area (Å²) in [6.45, 7) is 4.77. The zero-order valence-electron chi connectivity index (χ0n) is 11.7. The molecule has 0 unspecified atom stereocenters. The largest absolute Gasteiger partial charge is 0.340 e. The molecule has 19 heavy (non-hydrogen) atoms. The number of carbonyl (C=O) groups is 1. The minimum absolute atomic E-state index is 0.107. The van der Waals surface area contributed by atoms with Crippen molar-refractivity contribution in [2.45, 2.75) is 32.6 Å². The Kier molecular flexibility index (Phi) is 3.99. The molecule has 1 aliphatic rings. The van der Waals surface area contributed by atoms with E-state index in [0.717, 1.165) is 6.54 Å². The van der Waals surface area contributed by atoms with E-state index in [9.17, 15) is 4.79 Å². The van der Waals surface area contributed by atoms with Crippen LogP contribution in [0.1, 0.15) is 48.9 Å². The van der Waals surface area contributed by atoms with Crippen molar-refractivity contribution in [1.82, 2.24) is 14.9 Å². The molecule has 0 radical (unpaired) electrons. The molecule has 104 valence electrons. The van der Waals surface area contributed by atoms with Gasteiger partial charge in [0.15, 0.2) is 5.69 Å². The fraction of sp³-hybridized carbons (Fsp3) is 0.615. The number of anilines is 1. The second-order valence-corrected chi connectivity index (χ2v) is 5.42. The Morgan fingerprint density at radius 1 is 1.58 bits per heavy atom. The van der Waals surface area contributed by atoms with Crippen molar-refractivity contribution < 1.29 is 4.79 Å². The van der Waals surface area contributed by atoms with Crippen molar-refractivity contribution in [2.24, 2.45) is 11.8 Å². The summed E-state index contributed by atoms with van der Waals surface area (Å²) in [5.41, 5.74) is 3.31. The normalized spacial score (nSPS) is 14.6. The van der Waals surface area contributed by atoms with Gasteiger partial charge in [-0.15, -0.1) is 0 Å². The number of hydrogen-bond donors (Lipinski definition) is 2. The van der Waals surface area contributed by atoms with E-state index in [1.807, 2.05) is 13.8 Å². The van der Waals surface area contributed by atoms with E-state index in [-0.39, 0.29) is 11.8 Å². The van der Waals surface area contributed by atoms with E-state index >= 15 is 0 Å². The molecule has 2 rings (SSSR count). The van der Waals surface area contributed by atoms with Crippen LogP contribution in [-0.2, 0) is 0 Å². The highest BCUT2D eigenvalue weighted by Crippen LogP contribution is 2.30. The van der Waals surface area contributed by atoms with Gasteiger partial charge in [0.1, 0.15) is 5.82 Å². The highest BCUT2D eigenvalue weighted by Gasteiger charge is 2.27. The van der Waals surface area contributed by atoms with Crippen LogP contribution in [0.25, 0.3) is 0 Å². The molecule has 3 N–H and O–H groups in total. The van der Waals surface area contributed by atoms with Gasteiger partial charge >= 0.3 is 0 Å². The SMILES string of the molecule is CC(C)c1ncc(NN)c(C(=O)N(C)CC2CC2)n1. The van der Waals surface area contributed by atoms with Crippen molar-refractivity contribution in [3.05, 3.63) is 17.7 Å². The first-order valence-corrected chi connectivity index (χ1v) is 6.62. The molecule has 0 bridgehead atoms. The molecule has 1 aromatic rings. The highest BCUT2D eigenvalue weighted by molar-refractivity contribution is 5.97. The molecular weight excluding hydrogens is 242 g/mol. The number of nitrogens with two attached hydrogens (primary N) is 1. The van der Waals surface area contributed by atoms with Gasteiger partial charge in [0.2, 0.25) is 0 Å². The smallest absolute Gasteiger partial charge is 0.274 e. The number of nitrogens with one attached hydrogen (secondary N) is 1. The van der Waals surface area contributed by atoms with Crippen molar-refractivity contribution in [3.63, 3.8) is 0 Å². The molecular formula is C13H21N5O. The second-order valence-electron chi connectivity index (χ2n) is 5.42. The Morgan fingerprint density at radius 3 is 2.79 bits per heavy atom. The van der Waals surface area contributed by atoms with E-state index in [4.69, 9.17) is 5.84 Å². The maximum atomic E-state index is 12.4. The van der Waals surface area contributed by atoms with E-state index in [1.165, 1.54) is 12.8 Å². The van der Waals surface area contributed by atoms with Crippen LogP contribution in [0.4, 0.5) is 5.69 Å². The van der Waals surface area contributed by atoms with Gasteiger partial charge in [0.25, 0.3) is 5.91 Å². The standard InChI is InChI=1S/C13H21N5O/c1-8(2)12-15-6-10(17-14)11(16-12)13(19)18(3)7-9-4-5-9/h6,8-9,17H,4-5,7,14H2,1-3H3. The number of hydrazine groups is 1. The Bertz CT molecular complexity index is 470. The summed E-state index contributed by atoms with van der Waals surface area (Å²) in [7, 11) is 1.80. The van der Waals surface area contributed by atoms with E-state index < -0.39 is 0 Å². The molecule has 1 aromatic heterocycles. The molecule has 1 saturated carbocycles. The van der Waals surface area contributed by atoms with Crippen molar-refractivity contribution in [1.29, 1.82) is 0 Å². The summed E-state index contributed by atoms with van der Waals surface area (Å²) < 4.78 is 0. The lowest BCUT2D eigenvalue weighted by Crippen LogP contribution is -2.31. The molecule has 0 aromatic carbocycles. The van der Waals surface area contributed by atoms with Crippen LogP contribution in [0.2, 0.25) is 0 Å². The second kappa shape index (κ2) is 5.52. The monoisotopic (exact) mass is 263 g/mol. The summed E-state index contributed by atoms with van der Waals surface area (Å²) in [4.78, 5) is 22.7. The van der Waals surface area contributed by atoms with Gasteiger partial charge in [-0.3, -0.25) is 10.6 Å². The van der Waals surface area contributed by atoms with Gasteiger partial charge in [-0.05, 0) is 18.8 Å². The van der Waals surface area contributed by atoms with Crippen LogP contribution in [-0.4, -0.2) is 34.4 Å². The van der Waals surface area contributed by atoms with E-state index in [1.54, 1.807) is 18.1 Å². The quantitative estimate of drug-likeness (QED) is 0.619. The highest BCUT2D eigenvalue weighted by atomic mass is 16.2. The number of carbonyl (C=O) groups excluding carboxylic acids is 1. The summed E-state index contributed by atoms with van der Waals surface area (Å²) in [6, 6.07) is 0. The zero-order valence-corrected chi connectivity index (χ0v) is 11.7. The minimum atomic E-state index is -0.107. The van der Waals surface area contributed by atoms with Crippen LogP contribution in [0.15, 0.2) is 6.20 Å². The fourth-order valence-corrected chi connectivity index (χ4v) is 1.89. The molecule has 0 spiro atoms. The molecule has 6 heteroatoms. The topological polar surface area (TPSA) is 84.1 Å². The molecule has 0 aliphatic heterocycles. The fourth-order valence-electron chi connectivity index (χ4n) is 1.89. The number of aromatic nitrogens is 2. The lowest BCUT2D eigenvalue weighted by Gasteiger charge is -2.18. The molecule has 0 atom stereocenters. The van der Waals surface area contributed by atoms with Gasteiger partial charge in [-0.1, -0.05) is 13.8 Å². The molecule has 1 fully saturated rings. The zero-order chi connectivity index (χ0) is 14.0. The van der Waals surface area contributed by atoms with Gasteiger partial charge in [-0.2, -0.15) is 0 Å². The minimum Gasteiger partial charge on any atom is -0.340 e. The molecule has 1 heterocycles. The third kappa shape index (κ3) is 3.20. The first kappa shape index (κ1) is 13.7. The van der Waals surface area contributed by atoms with Gasteiger partial charge in [-0.25, -0.2) is 9.97 Å². The van der Waals surface area contributed by atoms with Gasteiger partial charge < -0.3 is 10.3 Å². The number of nitrogen functional groups attached to an aromatic ring is 1. The van der Waals surface area contributed by atoms with Gasteiger partial charge in [0, 0.05) is 19.5 Å².